The molecule has 1 rings (SSSR count). The van der Waals surface area contributed by atoms with Crippen LogP contribution < -0.4 is 11.0 Å². The van der Waals surface area contributed by atoms with Crippen LogP contribution in [0.25, 0.3) is 0 Å². The molecule has 1 heterocycles. The molecule has 0 amide bonds. The Balaban J connectivity index is 2.39. The first-order valence-corrected chi connectivity index (χ1v) is 2.69. The van der Waals surface area contributed by atoms with Crippen molar-refractivity contribution in [2.24, 2.45) is 0 Å². The molecule has 4 nitrogen and oxygen atoms in total. The molecule has 0 spiro atoms. The summed E-state index contributed by atoms with van der Waals surface area (Å²) < 4.78 is 0. The first kappa shape index (κ1) is 5.97. The minimum Gasteiger partial charge on any atom is -0.222 e. The normalized spacial score (nSPS) is 34.1. The Kier molecular flexibility index (Phi) is 1.48. The standard InChI is InChI=1S/C4H12N4/c1-4-5-8(3)6-7(4)2/h4-6H,1-3H3. The van der Waals surface area contributed by atoms with Gasteiger partial charge < -0.3 is 0 Å². The third kappa shape index (κ3) is 0.976. The third-order valence-corrected chi connectivity index (χ3v) is 1.27. The molecule has 0 saturated carbocycles. The van der Waals surface area contributed by atoms with Crippen LogP contribution >= 0.6 is 0 Å². The van der Waals surface area contributed by atoms with Crippen LogP contribution in [0.2, 0.25) is 0 Å². The van der Waals surface area contributed by atoms with E-state index in [9.17, 15) is 0 Å². The van der Waals surface area contributed by atoms with Gasteiger partial charge in [-0.25, -0.2) is 10.4 Å². The Morgan fingerprint density at radius 1 is 1.38 bits per heavy atom. The SMILES string of the molecule is CC1NN(C)NN1C. The summed E-state index contributed by atoms with van der Waals surface area (Å²) in [5, 5.41) is 3.81. The van der Waals surface area contributed by atoms with E-state index in [-0.39, 0.29) is 0 Å². The smallest absolute Gasteiger partial charge is 0.0858 e. The van der Waals surface area contributed by atoms with Gasteiger partial charge in [-0.15, -0.1) is 0 Å². The van der Waals surface area contributed by atoms with Crippen molar-refractivity contribution in [3.63, 3.8) is 0 Å². The minimum absolute atomic E-state index is 0.389. The fourth-order valence-corrected chi connectivity index (χ4v) is 0.719. The van der Waals surface area contributed by atoms with Gasteiger partial charge in [0.05, 0.1) is 6.17 Å². The van der Waals surface area contributed by atoms with Gasteiger partial charge in [-0.3, -0.25) is 0 Å². The molecule has 2 N–H and O–H groups in total. The predicted octanol–water partition coefficient (Wildman–Crippen LogP) is -0.866. The summed E-state index contributed by atoms with van der Waals surface area (Å²) in [5.74, 6) is 0. The zero-order valence-electron chi connectivity index (χ0n) is 5.47. The van der Waals surface area contributed by atoms with Gasteiger partial charge in [0.1, 0.15) is 0 Å². The summed E-state index contributed by atoms with van der Waals surface area (Å²) in [6.07, 6.45) is 0.389. The highest BCUT2D eigenvalue weighted by Crippen LogP contribution is 1.93. The zero-order chi connectivity index (χ0) is 6.15. The number of hydrogen-bond donors (Lipinski definition) is 2. The van der Waals surface area contributed by atoms with Crippen molar-refractivity contribution >= 4 is 0 Å². The van der Waals surface area contributed by atoms with E-state index in [2.05, 4.69) is 17.9 Å². The van der Waals surface area contributed by atoms with Crippen molar-refractivity contribution < 1.29 is 0 Å². The Hall–Kier alpha value is -0.160. The van der Waals surface area contributed by atoms with Crippen molar-refractivity contribution in [3.8, 4) is 0 Å². The highest BCUT2D eigenvalue weighted by Gasteiger charge is 2.17. The van der Waals surface area contributed by atoms with E-state index in [1.165, 1.54) is 0 Å². The van der Waals surface area contributed by atoms with Crippen molar-refractivity contribution in [2.45, 2.75) is 13.1 Å². The van der Waals surface area contributed by atoms with Crippen LogP contribution in [-0.2, 0) is 0 Å². The minimum atomic E-state index is 0.389. The van der Waals surface area contributed by atoms with E-state index in [1.807, 2.05) is 24.2 Å². The molecule has 0 radical (unpaired) electrons. The molecule has 0 aromatic rings. The topological polar surface area (TPSA) is 30.5 Å². The van der Waals surface area contributed by atoms with Crippen molar-refractivity contribution in [1.29, 1.82) is 0 Å². The second kappa shape index (κ2) is 1.99. The monoisotopic (exact) mass is 116 g/mol. The van der Waals surface area contributed by atoms with Gasteiger partial charge in [-0.05, 0) is 6.92 Å². The largest absolute Gasteiger partial charge is 0.222 e. The van der Waals surface area contributed by atoms with Gasteiger partial charge in [-0.1, -0.05) is 0 Å². The molecule has 0 aromatic heterocycles. The molecule has 0 aliphatic carbocycles. The Bertz CT molecular complexity index is 74.1. The lowest BCUT2D eigenvalue weighted by Gasteiger charge is -2.09. The molecule has 1 unspecified atom stereocenters. The van der Waals surface area contributed by atoms with Gasteiger partial charge in [0, 0.05) is 14.1 Å². The van der Waals surface area contributed by atoms with Gasteiger partial charge in [0.2, 0.25) is 0 Å². The number of rotatable bonds is 0. The lowest BCUT2D eigenvalue weighted by molar-refractivity contribution is 0.146. The summed E-state index contributed by atoms with van der Waals surface area (Å²) >= 11 is 0. The first-order chi connectivity index (χ1) is 3.70. The van der Waals surface area contributed by atoms with E-state index in [1.54, 1.807) is 0 Å². The maximum atomic E-state index is 3.11. The number of hydrogen-bond acceptors (Lipinski definition) is 4. The molecular formula is C4H12N4. The van der Waals surface area contributed by atoms with Crippen molar-refractivity contribution in [2.75, 3.05) is 14.1 Å². The summed E-state index contributed by atoms with van der Waals surface area (Å²) in [7, 11) is 3.92. The van der Waals surface area contributed by atoms with E-state index < -0.39 is 0 Å². The average molecular weight is 116 g/mol. The number of nitrogens with zero attached hydrogens (tertiary/aromatic N) is 2. The van der Waals surface area contributed by atoms with Crippen LogP contribution in [0, 0.1) is 0 Å². The Morgan fingerprint density at radius 3 is 2.12 bits per heavy atom. The lowest BCUT2D eigenvalue weighted by atomic mass is 10.6. The molecule has 1 aliphatic heterocycles. The van der Waals surface area contributed by atoms with E-state index in [0.29, 0.717) is 6.17 Å². The molecule has 1 atom stereocenters. The van der Waals surface area contributed by atoms with Gasteiger partial charge >= 0.3 is 0 Å². The van der Waals surface area contributed by atoms with E-state index in [0.717, 1.165) is 0 Å². The Labute approximate surface area is 49.4 Å². The molecule has 1 aliphatic rings. The zero-order valence-corrected chi connectivity index (χ0v) is 5.47. The maximum Gasteiger partial charge on any atom is 0.0858 e. The van der Waals surface area contributed by atoms with Crippen molar-refractivity contribution in [3.05, 3.63) is 0 Å². The van der Waals surface area contributed by atoms with Crippen LogP contribution in [0.1, 0.15) is 6.92 Å². The summed E-state index contributed by atoms with van der Waals surface area (Å²) in [5.41, 5.74) is 6.14. The molecule has 0 bridgehead atoms. The summed E-state index contributed by atoms with van der Waals surface area (Å²) in [4.78, 5) is 0. The molecule has 8 heavy (non-hydrogen) atoms. The van der Waals surface area contributed by atoms with E-state index in [4.69, 9.17) is 0 Å². The average Bonchev–Trinajstić information content (AvgIpc) is 1.85. The highest BCUT2D eigenvalue weighted by molar-refractivity contribution is 4.56. The quantitative estimate of drug-likeness (QED) is 0.431. The van der Waals surface area contributed by atoms with Gasteiger partial charge in [0.15, 0.2) is 0 Å². The molecule has 0 aromatic carbocycles. The maximum absolute atomic E-state index is 3.11. The van der Waals surface area contributed by atoms with Crippen LogP contribution in [-0.4, -0.2) is 30.4 Å². The van der Waals surface area contributed by atoms with Gasteiger partial charge in [0.25, 0.3) is 0 Å². The molecular weight excluding hydrogens is 104 g/mol. The predicted molar refractivity (Wildman–Crippen MR) is 31.3 cm³/mol. The summed E-state index contributed by atoms with van der Waals surface area (Å²) in [6, 6.07) is 0. The number of hydrazine groups is 3. The van der Waals surface area contributed by atoms with Gasteiger partial charge in [-0.2, -0.15) is 10.7 Å². The second-order valence-electron chi connectivity index (χ2n) is 2.07. The number of nitrogens with one attached hydrogen (secondary N) is 2. The second-order valence-corrected chi connectivity index (χ2v) is 2.07. The molecule has 1 saturated heterocycles. The fourth-order valence-electron chi connectivity index (χ4n) is 0.719. The van der Waals surface area contributed by atoms with Crippen LogP contribution in [0.15, 0.2) is 0 Å². The van der Waals surface area contributed by atoms with Crippen LogP contribution in [0.4, 0.5) is 0 Å². The molecule has 4 heteroatoms. The Morgan fingerprint density at radius 2 is 2.00 bits per heavy atom. The van der Waals surface area contributed by atoms with Crippen molar-refractivity contribution in [1.82, 2.24) is 21.1 Å². The highest BCUT2D eigenvalue weighted by atomic mass is 15.9. The van der Waals surface area contributed by atoms with Crippen LogP contribution in [0.5, 0.6) is 0 Å². The summed E-state index contributed by atoms with van der Waals surface area (Å²) in [6.45, 7) is 2.08. The molecule has 1 fully saturated rings. The third-order valence-electron chi connectivity index (χ3n) is 1.27. The lowest BCUT2D eigenvalue weighted by Crippen LogP contribution is -2.36. The first-order valence-electron chi connectivity index (χ1n) is 2.69. The van der Waals surface area contributed by atoms with E-state index >= 15 is 0 Å². The molecule has 48 valence electrons. The fraction of sp³-hybridized carbons (Fsp3) is 1.00. The van der Waals surface area contributed by atoms with Crippen LogP contribution in [0.3, 0.4) is 0 Å².